The molecule has 0 bridgehead atoms. The van der Waals surface area contributed by atoms with Gasteiger partial charge in [0.1, 0.15) is 11.0 Å². The summed E-state index contributed by atoms with van der Waals surface area (Å²) in [5.41, 5.74) is 2.64. The molecule has 1 atom stereocenters. The number of carboxylic acid groups (broad SMARTS) is 1. The van der Waals surface area contributed by atoms with Gasteiger partial charge in [0, 0.05) is 11.2 Å². The SMILES string of the molecule is Cc1ccc(C(C)n2ncc3nc(-n4cc(C(=O)O)cn4)nc(O)c32)cc1Cl. The zero-order valence-electron chi connectivity index (χ0n) is 14.9. The summed E-state index contributed by atoms with van der Waals surface area (Å²) < 4.78 is 2.80. The molecule has 28 heavy (non-hydrogen) atoms. The van der Waals surface area contributed by atoms with E-state index in [0.29, 0.717) is 16.1 Å². The van der Waals surface area contributed by atoms with Gasteiger partial charge in [0.15, 0.2) is 0 Å². The van der Waals surface area contributed by atoms with Crippen LogP contribution in [0.4, 0.5) is 0 Å². The lowest BCUT2D eigenvalue weighted by Gasteiger charge is -2.15. The summed E-state index contributed by atoms with van der Waals surface area (Å²) in [7, 11) is 0. The number of aromatic carboxylic acids is 1. The molecule has 10 heteroatoms. The van der Waals surface area contributed by atoms with Crippen LogP contribution in [-0.2, 0) is 0 Å². The highest BCUT2D eigenvalue weighted by Gasteiger charge is 2.19. The minimum atomic E-state index is -1.12. The number of benzene rings is 1. The number of rotatable bonds is 4. The lowest BCUT2D eigenvalue weighted by molar-refractivity contribution is 0.0697. The van der Waals surface area contributed by atoms with Crippen molar-refractivity contribution >= 4 is 28.6 Å². The summed E-state index contributed by atoms with van der Waals surface area (Å²) in [5, 5.41) is 28.4. The predicted molar refractivity (Wildman–Crippen MR) is 101 cm³/mol. The topological polar surface area (TPSA) is 119 Å². The van der Waals surface area contributed by atoms with Crippen molar-refractivity contribution in [2.45, 2.75) is 19.9 Å². The smallest absolute Gasteiger partial charge is 0.338 e. The molecule has 4 rings (SSSR count). The largest absolute Gasteiger partial charge is 0.492 e. The van der Waals surface area contributed by atoms with E-state index in [2.05, 4.69) is 20.2 Å². The van der Waals surface area contributed by atoms with Crippen LogP contribution in [0, 0.1) is 6.92 Å². The summed E-state index contributed by atoms with van der Waals surface area (Å²) >= 11 is 6.23. The van der Waals surface area contributed by atoms with Crippen LogP contribution in [0.2, 0.25) is 5.02 Å². The van der Waals surface area contributed by atoms with E-state index in [-0.39, 0.29) is 23.4 Å². The molecule has 0 amide bonds. The zero-order valence-corrected chi connectivity index (χ0v) is 15.7. The van der Waals surface area contributed by atoms with Gasteiger partial charge in [-0.2, -0.15) is 15.2 Å². The fourth-order valence-corrected chi connectivity index (χ4v) is 3.07. The Morgan fingerprint density at radius 2 is 2.00 bits per heavy atom. The van der Waals surface area contributed by atoms with Crippen molar-refractivity contribution in [3.05, 3.63) is 58.5 Å². The van der Waals surface area contributed by atoms with Crippen LogP contribution in [0.1, 0.15) is 34.5 Å². The van der Waals surface area contributed by atoms with Crippen molar-refractivity contribution in [3.8, 4) is 11.8 Å². The average Bonchev–Trinajstić information content (AvgIpc) is 3.30. The number of aromatic hydroxyl groups is 1. The maximum Gasteiger partial charge on any atom is 0.338 e. The number of nitrogens with zero attached hydrogens (tertiary/aromatic N) is 6. The Bertz CT molecular complexity index is 1220. The molecule has 142 valence electrons. The fraction of sp³-hybridized carbons (Fsp3) is 0.167. The van der Waals surface area contributed by atoms with Crippen LogP contribution in [0.5, 0.6) is 5.88 Å². The van der Waals surface area contributed by atoms with E-state index in [1.165, 1.54) is 23.3 Å². The molecular weight excluding hydrogens is 384 g/mol. The molecule has 1 unspecified atom stereocenters. The van der Waals surface area contributed by atoms with E-state index in [4.69, 9.17) is 16.7 Å². The Hall–Kier alpha value is -3.46. The molecule has 9 nitrogen and oxygen atoms in total. The van der Waals surface area contributed by atoms with E-state index in [0.717, 1.165) is 11.1 Å². The molecule has 2 N–H and O–H groups in total. The number of aryl methyl sites for hydroxylation is 1. The zero-order chi connectivity index (χ0) is 20.0. The van der Waals surface area contributed by atoms with Gasteiger partial charge in [0.05, 0.1) is 24.0 Å². The Morgan fingerprint density at radius 1 is 1.21 bits per heavy atom. The molecule has 0 saturated heterocycles. The van der Waals surface area contributed by atoms with Crippen molar-refractivity contribution in [2.24, 2.45) is 0 Å². The third-order valence-electron chi connectivity index (χ3n) is 4.49. The van der Waals surface area contributed by atoms with Crippen LogP contribution in [0.15, 0.2) is 36.8 Å². The second kappa shape index (κ2) is 6.61. The van der Waals surface area contributed by atoms with E-state index in [1.807, 2.05) is 32.0 Å². The first-order valence-corrected chi connectivity index (χ1v) is 8.71. The molecule has 0 aliphatic heterocycles. The second-order valence-electron chi connectivity index (χ2n) is 6.33. The summed E-state index contributed by atoms with van der Waals surface area (Å²) in [6, 6.07) is 5.51. The van der Waals surface area contributed by atoms with Crippen molar-refractivity contribution in [2.75, 3.05) is 0 Å². The van der Waals surface area contributed by atoms with Gasteiger partial charge >= 0.3 is 5.97 Å². The molecule has 0 aliphatic rings. The van der Waals surface area contributed by atoms with Gasteiger partial charge in [0.2, 0.25) is 5.88 Å². The molecule has 0 saturated carbocycles. The molecule has 0 aliphatic carbocycles. The molecule has 0 fully saturated rings. The summed E-state index contributed by atoms with van der Waals surface area (Å²) in [6.07, 6.45) is 3.96. The van der Waals surface area contributed by atoms with Gasteiger partial charge in [0.25, 0.3) is 5.95 Å². The third kappa shape index (κ3) is 2.95. The number of carbonyl (C=O) groups is 1. The lowest BCUT2D eigenvalue weighted by atomic mass is 10.1. The first-order valence-electron chi connectivity index (χ1n) is 8.33. The Morgan fingerprint density at radius 3 is 2.68 bits per heavy atom. The minimum absolute atomic E-state index is 0.0104. The van der Waals surface area contributed by atoms with E-state index < -0.39 is 5.97 Å². The minimum Gasteiger partial charge on any atom is -0.492 e. The second-order valence-corrected chi connectivity index (χ2v) is 6.74. The summed E-state index contributed by atoms with van der Waals surface area (Å²) in [6.45, 7) is 3.85. The highest BCUT2D eigenvalue weighted by molar-refractivity contribution is 6.31. The fourth-order valence-electron chi connectivity index (χ4n) is 2.88. The van der Waals surface area contributed by atoms with Crippen molar-refractivity contribution in [3.63, 3.8) is 0 Å². The van der Waals surface area contributed by atoms with Crippen LogP contribution < -0.4 is 0 Å². The molecular formula is C18H15ClN6O3. The monoisotopic (exact) mass is 398 g/mol. The standard InChI is InChI=1S/C18H15ClN6O3/c1-9-3-4-11(5-13(9)19)10(2)25-15-14(7-21-25)22-18(23-16(15)26)24-8-12(6-20-24)17(27)28/h3-8,10H,1-2H3,(H,27,28)(H,22,23,26). The van der Waals surface area contributed by atoms with Crippen LogP contribution in [-0.4, -0.2) is 45.7 Å². The van der Waals surface area contributed by atoms with Gasteiger partial charge in [-0.3, -0.25) is 4.68 Å². The number of aromatic nitrogens is 6. The van der Waals surface area contributed by atoms with Gasteiger partial charge in [-0.05, 0) is 31.0 Å². The number of fused-ring (bicyclic) bond motifs is 1. The summed E-state index contributed by atoms with van der Waals surface area (Å²) in [5.74, 6) is -1.35. The van der Waals surface area contributed by atoms with E-state index in [1.54, 1.807) is 4.68 Å². The van der Waals surface area contributed by atoms with E-state index in [9.17, 15) is 9.90 Å². The molecule has 0 radical (unpaired) electrons. The molecule has 3 heterocycles. The lowest BCUT2D eigenvalue weighted by Crippen LogP contribution is -2.09. The maximum absolute atomic E-state index is 11.0. The normalized spacial score (nSPS) is 12.4. The van der Waals surface area contributed by atoms with Crippen molar-refractivity contribution in [1.82, 2.24) is 29.5 Å². The molecule has 0 spiro atoms. The Kier molecular flexibility index (Phi) is 4.23. The average molecular weight is 399 g/mol. The van der Waals surface area contributed by atoms with Gasteiger partial charge in [-0.25, -0.2) is 14.5 Å². The Labute approximate surface area is 163 Å². The number of carboxylic acids is 1. The summed E-state index contributed by atoms with van der Waals surface area (Å²) in [4.78, 5) is 19.4. The number of hydrogen-bond donors (Lipinski definition) is 2. The van der Waals surface area contributed by atoms with Crippen molar-refractivity contribution < 1.29 is 15.0 Å². The van der Waals surface area contributed by atoms with Crippen LogP contribution >= 0.6 is 11.6 Å². The maximum atomic E-state index is 11.0. The highest BCUT2D eigenvalue weighted by atomic mass is 35.5. The quantitative estimate of drug-likeness (QED) is 0.542. The van der Waals surface area contributed by atoms with Crippen LogP contribution in [0.25, 0.3) is 17.0 Å². The van der Waals surface area contributed by atoms with Crippen molar-refractivity contribution in [1.29, 1.82) is 0 Å². The van der Waals surface area contributed by atoms with Crippen LogP contribution in [0.3, 0.4) is 0 Å². The predicted octanol–water partition coefficient (Wildman–Crippen LogP) is 2.99. The van der Waals surface area contributed by atoms with Gasteiger partial charge in [-0.15, -0.1) is 0 Å². The third-order valence-corrected chi connectivity index (χ3v) is 4.90. The molecule has 3 aromatic heterocycles. The first-order chi connectivity index (χ1) is 13.3. The Balaban J connectivity index is 1.77. The number of hydrogen-bond acceptors (Lipinski definition) is 6. The van der Waals surface area contributed by atoms with Gasteiger partial charge in [-0.1, -0.05) is 23.7 Å². The van der Waals surface area contributed by atoms with E-state index >= 15 is 0 Å². The highest BCUT2D eigenvalue weighted by Crippen LogP contribution is 2.29. The first kappa shape index (κ1) is 17.9. The molecule has 1 aromatic carbocycles. The molecule has 4 aromatic rings. The number of halogens is 1. The van der Waals surface area contributed by atoms with Gasteiger partial charge < -0.3 is 10.2 Å².